The zero-order chi connectivity index (χ0) is 26.0. The van der Waals surface area contributed by atoms with Crippen LogP contribution in [0.5, 0.6) is 5.75 Å². The number of carbonyl (C=O) groups is 1. The second kappa shape index (κ2) is 17.6. The van der Waals surface area contributed by atoms with E-state index in [-0.39, 0.29) is 11.7 Å². The molecule has 8 heteroatoms. The fourth-order valence-electron chi connectivity index (χ4n) is 4.14. The highest BCUT2D eigenvalue weighted by Crippen LogP contribution is 2.25. The molecule has 0 saturated heterocycles. The summed E-state index contributed by atoms with van der Waals surface area (Å²) >= 11 is 1.29. The van der Waals surface area contributed by atoms with E-state index in [0.29, 0.717) is 23.2 Å². The summed E-state index contributed by atoms with van der Waals surface area (Å²) < 4.78 is 7.63. The van der Waals surface area contributed by atoms with E-state index in [0.717, 1.165) is 12.1 Å². The zero-order valence-corrected chi connectivity index (χ0v) is 22.9. The predicted octanol–water partition coefficient (Wildman–Crippen LogP) is 7.47. The lowest BCUT2D eigenvalue weighted by atomic mass is 10.1. The Morgan fingerprint density at radius 3 is 2.16 bits per heavy atom. The highest BCUT2D eigenvalue weighted by atomic mass is 32.2. The molecular weight excluding hydrogens is 482 g/mol. The first-order chi connectivity index (χ1) is 18.3. The van der Waals surface area contributed by atoms with Gasteiger partial charge in [-0.3, -0.25) is 4.79 Å². The molecule has 0 aliphatic carbocycles. The Bertz CT molecular complexity index is 1030. The monoisotopic (exact) mass is 523 g/mol. The first-order valence-electron chi connectivity index (χ1n) is 13.8. The van der Waals surface area contributed by atoms with Crippen molar-refractivity contribution in [1.82, 2.24) is 20.2 Å². The van der Waals surface area contributed by atoms with Crippen LogP contribution in [0.2, 0.25) is 0 Å². The molecular formula is C29H41N5O2S. The number of tetrazole rings is 1. The zero-order valence-electron chi connectivity index (χ0n) is 22.1. The van der Waals surface area contributed by atoms with Crippen molar-refractivity contribution < 1.29 is 9.53 Å². The number of rotatable bonds is 19. The van der Waals surface area contributed by atoms with Gasteiger partial charge in [0, 0.05) is 0 Å². The van der Waals surface area contributed by atoms with Crippen LogP contribution in [-0.4, -0.2) is 38.5 Å². The van der Waals surface area contributed by atoms with E-state index in [2.05, 4.69) is 27.8 Å². The summed E-state index contributed by atoms with van der Waals surface area (Å²) in [6.07, 6.45) is 15.8. The number of amides is 1. The fourth-order valence-corrected chi connectivity index (χ4v) is 4.83. The van der Waals surface area contributed by atoms with Gasteiger partial charge in [-0.05, 0) is 41.1 Å². The van der Waals surface area contributed by atoms with Crippen LogP contribution in [-0.2, 0) is 4.79 Å². The van der Waals surface area contributed by atoms with Crippen molar-refractivity contribution in [3.05, 3.63) is 54.6 Å². The molecule has 0 aliphatic heterocycles. The summed E-state index contributed by atoms with van der Waals surface area (Å²) in [5, 5.41) is 15.4. The number of hydrogen-bond donors (Lipinski definition) is 1. The number of para-hydroxylation sites is 3. The third kappa shape index (κ3) is 11.0. The van der Waals surface area contributed by atoms with Crippen molar-refractivity contribution in [3.63, 3.8) is 0 Å². The van der Waals surface area contributed by atoms with Gasteiger partial charge < -0.3 is 10.1 Å². The summed E-state index contributed by atoms with van der Waals surface area (Å²) in [6.45, 7) is 2.93. The molecule has 1 N–H and O–H groups in total. The van der Waals surface area contributed by atoms with Gasteiger partial charge in [-0.1, -0.05) is 120 Å². The number of nitrogens with one attached hydrogen (secondary N) is 1. The molecule has 0 saturated carbocycles. The summed E-state index contributed by atoms with van der Waals surface area (Å²) in [6, 6.07) is 17.2. The quantitative estimate of drug-likeness (QED) is 0.130. The minimum atomic E-state index is -0.131. The van der Waals surface area contributed by atoms with Crippen molar-refractivity contribution in [3.8, 4) is 11.4 Å². The van der Waals surface area contributed by atoms with Gasteiger partial charge in [0.25, 0.3) is 0 Å². The van der Waals surface area contributed by atoms with E-state index < -0.39 is 0 Å². The van der Waals surface area contributed by atoms with Crippen LogP contribution in [0.1, 0.15) is 84.0 Å². The van der Waals surface area contributed by atoms with Crippen molar-refractivity contribution in [2.75, 3.05) is 17.7 Å². The lowest BCUT2D eigenvalue weighted by Gasteiger charge is -2.12. The smallest absolute Gasteiger partial charge is 0.234 e. The van der Waals surface area contributed by atoms with Crippen molar-refractivity contribution in [2.45, 2.75) is 89.1 Å². The Morgan fingerprint density at radius 1 is 0.838 bits per heavy atom. The second-order valence-electron chi connectivity index (χ2n) is 9.28. The van der Waals surface area contributed by atoms with E-state index in [9.17, 15) is 4.79 Å². The molecule has 1 aromatic heterocycles. The molecule has 1 amide bonds. The third-order valence-electron chi connectivity index (χ3n) is 6.19. The summed E-state index contributed by atoms with van der Waals surface area (Å²) in [7, 11) is 0. The first kappa shape index (κ1) is 28.7. The van der Waals surface area contributed by atoms with Crippen LogP contribution in [0.4, 0.5) is 5.69 Å². The topological polar surface area (TPSA) is 81.9 Å². The predicted molar refractivity (Wildman–Crippen MR) is 152 cm³/mol. The molecule has 0 atom stereocenters. The van der Waals surface area contributed by atoms with Crippen molar-refractivity contribution >= 4 is 23.4 Å². The van der Waals surface area contributed by atoms with Gasteiger partial charge in [0.05, 0.1) is 23.7 Å². The molecule has 37 heavy (non-hydrogen) atoms. The highest BCUT2D eigenvalue weighted by Gasteiger charge is 2.13. The van der Waals surface area contributed by atoms with Gasteiger partial charge in [-0.2, -0.15) is 4.68 Å². The summed E-state index contributed by atoms with van der Waals surface area (Å²) in [4.78, 5) is 12.6. The van der Waals surface area contributed by atoms with Gasteiger partial charge in [0.15, 0.2) is 0 Å². The third-order valence-corrected chi connectivity index (χ3v) is 7.11. The van der Waals surface area contributed by atoms with Crippen LogP contribution in [0.25, 0.3) is 5.69 Å². The lowest BCUT2D eigenvalue weighted by Crippen LogP contribution is -2.15. The largest absolute Gasteiger partial charge is 0.491 e. The Balaban J connectivity index is 1.30. The van der Waals surface area contributed by atoms with Crippen LogP contribution >= 0.6 is 11.8 Å². The van der Waals surface area contributed by atoms with Gasteiger partial charge in [0.2, 0.25) is 11.1 Å². The number of benzene rings is 2. The van der Waals surface area contributed by atoms with E-state index in [1.54, 1.807) is 4.68 Å². The number of carbonyl (C=O) groups excluding carboxylic acids is 1. The molecule has 0 spiro atoms. The maximum absolute atomic E-state index is 12.6. The number of nitrogens with zero attached hydrogens (tertiary/aromatic N) is 4. The molecule has 2 aromatic carbocycles. The lowest BCUT2D eigenvalue weighted by molar-refractivity contribution is -0.113. The molecule has 0 unspecified atom stereocenters. The minimum Gasteiger partial charge on any atom is -0.491 e. The average molecular weight is 524 g/mol. The molecule has 0 fully saturated rings. The SMILES string of the molecule is CCCCCCCCCCCCCCOc1ccccc1NC(=O)CSc1nnnn1-c1ccccc1. The van der Waals surface area contributed by atoms with Crippen molar-refractivity contribution in [1.29, 1.82) is 0 Å². The molecule has 1 heterocycles. The van der Waals surface area contributed by atoms with Crippen LogP contribution in [0, 0.1) is 0 Å². The van der Waals surface area contributed by atoms with Crippen LogP contribution in [0.3, 0.4) is 0 Å². The molecule has 0 aliphatic rings. The maximum Gasteiger partial charge on any atom is 0.234 e. The highest BCUT2D eigenvalue weighted by molar-refractivity contribution is 7.99. The molecule has 0 bridgehead atoms. The van der Waals surface area contributed by atoms with Gasteiger partial charge in [0.1, 0.15) is 5.75 Å². The number of aromatic nitrogens is 4. The number of anilines is 1. The normalized spacial score (nSPS) is 10.9. The number of ether oxygens (including phenoxy) is 1. The molecule has 200 valence electrons. The van der Waals surface area contributed by atoms with E-state index in [1.807, 2.05) is 54.6 Å². The molecule has 3 rings (SSSR count). The van der Waals surface area contributed by atoms with Crippen LogP contribution in [0.15, 0.2) is 59.8 Å². The molecule has 3 aromatic rings. The van der Waals surface area contributed by atoms with E-state index >= 15 is 0 Å². The number of thioether (sulfide) groups is 1. The Kier molecular flexibility index (Phi) is 13.6. The first-order valence-corrected chi connectivity index (χ1v) is 14.7. The Morgan fingerprint density at radius 2 is 1.46 bits per heavy atom. The number of unbranched alkanes of at least 4 members (excludes halogenated alkanes) is 11. The van der Waals surface area contributed by atoms with E-state index in [1.165, 1.54) is 82.4 Å². The van der Waals surface area contributed by atoms with Gasteiger partial charge >= 0.3 is 0 Å². The van der Waals surface area contributed by atoms with E-state index in [4.69, 9.17) is 4.74 Å². The second-order valence-corrected chi connectivity index (χ2v) is 10.2. The maximum atomic E-state index is 12.6. The Labute approximate surface area is 225 Å². The standard InChI is InChI=1S/C29H41N5O2S/c1-2-3-4-5-6-7-8-9-10-11-12-18-23-36-27-22-17-16-21-26(27)30-28(35)24-37-29-31-32-33-34(29)25-19-14-13-15-20-25/h13-17,19-22H,2-12,18,23-24H2,1H3,(H,30,35). The van der Waals surface area contributed by atoms with Gasteiger partial charge in [-0.15, -0.1) is 5.10 Å². The molecule has 0 radical (unpaired) electrons. The minimum absolute atomic E-state index is 0.131. The number of hydrogen-bond acceptors (Lipinski definition) is 6. The van der Waals surface area contributed by atoms with Crippen LogP contribution < -0.4 is 10.1 Å². The molecule has 7 nitrogen and oxygen atoms in total. The summed E-state index contributed by atoms with van der Waals surface area (Å²) in [5.41, 5.74) is 1.54. The van der Waals surface area contributed by atoms with Crippen molar-refractivity contribution in [2.24, 2.45) is 0 Å². The fraction of sp³-hybridized carbons (Fsp3) is 0.517. The summed E-state index contributed by atoms with van der Waals surface area (Å²) in [5.74, 6) is 0.771. The Hall–Kier alpha value is -2.87. The average Bonchev–Trinajstić information content (AvgIpc) is 3.40. The van der Waals surface area contributed by atoms with Gasteiger partial charge in [-0.25, -0.2) is 0 Å².